The molecular formula is C22H24N4O5S. The lowest BCUT2D eigenvalue weighted by Gasteiger charge is -2.33. The largest absolute Gasteiger partial charge is 0.346 e. The topological polar surface area (TPSA) is 98.3 Å². The van der Waals surface area contributed by atoms with Crippen molar-refractivity contribution in [2.24, 2.45) is 0 Å². The first-order valence-electron chi connectivity index (χ1n) is 10.2. The van der Waals surface area contributed by atoms with Crippen LogP contribution in [0.5, 0.6) is 0 Å². The number of benzene rings is 2. The van der Waals surface area contributed by atoms with Crippen molar-refractivity contribution in [3.63, 3.8) is 0 Å². The number of para-hydroxylation sites is 1. The molecule has 0 atom stereocenters. The number of carbonyl (C=O) groups is 3. The van der Waals surface area contributed by atoms with Gasteiger partial charge in [0.25, 0.3) is 21.8 Å². The minimum atomic E-state index is -4.49. The minimum Gasteiger partial charge on any atom is -0.336 e. The van der Waals surface area contributed by atoms with Crippen molar-refractivity contribution in [1.82, 2.24) is 14.1 Å². The number of hydrogen-bond donors (Lipinski definition) is 0. The first kappa shape index (κ1) is 22.0. The molecule has 2 aromatic rings. The van der Waals surface area contributed by atoms with Crippen molar-refractivity contribution >= 4 is 33.6 Å². The summed E-state index contributed by atoms with van der Waals surface area (Å²) < 4.78 is 27.0. The van der Waals surface area contributed by atoms with Crippen molar-refractivity contribution in [2.75, 3.05) is 44.7 Å². The van der Waals surface area contributed by atoms with Crippen LogP contribution in [-0.4, -0.2) is 80.1 Å². The number of amides is 4. The third-order valence-electron chi connectivity index (χ3n) is 5.82. The highest BCUT2D eigenvalue weighted by atomic mass is 32.2. The molecule has 0 aliphatic carbocycles. The summed E-state index contributed by atoms with van der Waals surface area (Å²) >= 11 is 0. The molecule has 0 N–H and O–H groups in total. The smallest absolute Gasteiger partial charge is 0.336 e. The van der Waals surface area contributed by atoms with Crippen LogP contribution in [0, 0.1) is 6.92 Å². The van der Waals surface area contributed by atoms with E-state index in [1.165, 1.54) is 19.1 Å². The number of likely N-dealkylation sites (N-methyl/N-ethyl adjacent to an activating group) is 1. The quantitative estimate of drug-likeness (QED) is 0.648. The second-order valence-electron chi connectivity index (χ2n) is 7.89. The van der Waals surface area contributed by atoms with Crippen LogP contribution in [0.4, 0.5) is 10.5 Å². The standard InChI is InChI=1S/C22H24N4O5S/c1-16-18(21(28)24-13-11-23(2)12-14-24)9-6-10-19(16)32(30,31)26-20(27)15-25(22(26)29)17-7-4-3-5-8-17/h3-10H,11-15H2,1-2H3. The maximum Gasteiger partial charge on any atom is 0.346 e. The van der Waals surface area contributed by atoms with Gasteiger partial charge in [0.2, 0.25) is 0 Å². The number of nitrogens with zero attached hydrogens (tertiary/aromatic N) is 4. The number of sulfonamides is 1. The maximum atomic E-state index is 13.4. The van der Waals surface area contributed by atoms with Gasteiger partial charge in [0.05, 0.1) is 4.90 Å². The lowest BCUT2D eigenvalue weighted by molar-refractivity contribution is -0.121. The fraction of sp³-hybridized carbons (Fsp3) is 0.318. The molecule has 2 aromatic carbocycles. The maximum absolute atomic E-state index is 13.4. The van der Waals surface area contributed by atoms with Gasteiger partial charge in [0, 0.05) is 37.4 Å². The number of piperazine rings is 1. The van der Waals surface area contributed by atoms with Crippen LogP contribution < -0.4 is 4.90 Å². The molecule has 0 aromatic heterocycles. The Hall–Kier alpha value is -3.24. The average molecular weight is 457 g/mol. The summed E-state index contributed by atoms with van der Waals surface area (Å²) in [7, 11) is -2.52. The van der Waals surface area contributed by atoms with E-state index in [-0.39, 0.29) is 28.5 Å². The van der Waals surface area contributed by atoms with E-state index in [0.29, 0.717) is 23.1 Å². The van der Waals surface area contributed by atoms with E-state index in [4.69, 9.17) is 0 Å². The van der Waals surface area contributed by atoms with Crippen molar-refractivity contribution in [1.29, 1.82) is 0 Å². The number of imide groups is 1. The summed E-state index contributed by atoms with van der Waals surface area (Å²) in [5.74, 6) is -1.10. The van der Waals surface area contributed by atoms with Gasteiger partial charge in [-0.3, -0.25) is 14.5 Å². The number of rotatable bonds is 4. The van der Waals surface area contributed by atoms with Gasteiger partial charge in [-0.25, -0.2) is 13.2 Å². The minimum absolute atomic E-state index is 0.218. The van der Waals surface area contributed by atoms with E-state index in [2.05, 4.69) is 4.90 Å². The lowest BCUT2D eigenvalue weighted by atomic mass is 10.1. The molecule has 0 spiro atoms. The van der Waals surface area contributed by atoms with Gasteiger partial charge in [-0.15, -0.1) is 4.31 Å². The van der Waals surface area contributed by atoms with Crippen molar-refractivity contribution in [3.05, 3.63) is 59.7 Å². The molecule has 2 aliphatic rings. The van der Waals surface area contributed by atoms with E-state index in [0.717, 1.165) is 18.0 Å². The average Bonchev–Trinajstić information content (AvgIpc) is 3.09. The monoisotopic (exact) mass is 456 g/mol. The third-order valence-corrected chi connectivity index (χ3v) is 7.65. The Morgan fingerprint density at radius 1 is 0.906 bits per heavy atom. The van der Waals surface area contributed by atoms with Gasteiger partial charge >= 0.3 is 6.03 Å². The molecule has 0 radical (unpaired) electrons. The van der Waals surface area contributed by atoms with E-state index in [1.54, 1.807) is 41.3 Å². The van der Waals surface area contributed by atoms with Crippen LogP contribution in [0.25, 0.3) is 0 Å². The normalized spacial score (nSPS) is 17.9. The van der Waals surface area contributed by atoms with Crippen LogP contribution in [0.15, 0.2) is 53.4 Å². The van der Waals surface area contributed by atoms with E-state index in [1.807, 2.05) is 7.05 Å². The molecule has 2 heterocycles. The van der Waals surface area contributed by atoms with Crippen molar-refractivity contribution in [3.8, 4) is 0 Å². The zero-order valence-corrected chi connectivity index (χ0v) is 18.7. The molecule has 0 bridgehead atoms. The van der Waals surface area contributed by atoms with Crippen LogP contribution in [0.2, 0.25) is 0 Å². The Labute approximate surface area is 186 Å². The van der Waals surface area contributed by atoms with Gasteiger partial charge in [-0.05, 0) is 43.8 Å². The van der Waals surface area contributed by atoms with Gasteiger partial charge in [0.1, 0.15) is 6.54 Å². The van der Waals surface area contributed by atoms with E-state index in [9.17, 15) is 22.8 Å². The lowest BCUT2D eigenvalue weighted by Crippen LogP contribution is -2.47. The number of carbonyl (C=O) groups excluding carboxylic acids is 3. The Morgan fingerprint density at radius 3 is 2.22 bits per heavy atom. The highest BCUT2D eigenvalue weighted by Crippen LogP contribution is 2.29. The van der Waals surface area contributed by atoms with Crippen LogP contribution in [0.3, 0.4) is 0 Å². The van der Waals surface area contributed by atoms with Gasteiger partial charge < -0.3 is 9.80 Å². The molecule has 168 valence electrons. The first-order valence-corrected chi connectivity index (χ1v) is 11.7. The number of anilines is 1. The Bertz CT molecular complexity index is 1170. The fourth-order valence-electron chi connectivity index (χ4n) is 3.93. The summed E-state index contributed by atoms with van der Waals surface area (Å²) in [6.07, 6.45) is 0. The highest BCUT2D eigenvalue weighted by molar-refractivity contribution is 7.90. The molecule has 0 saturated carbocycles. The molecule has 4 rings (SSSR count). The molecule has 2 saturated heterocycles. The van der Waals surface area contributed by atoms with Crippen LogP contribution in [-0.2, 0) is 14.8 Å². The summed E-state index contributed by atoms with van der Waals surface area (Å²) in [6.45, 7) is 3.70. The van der Waals surface area contributed by atoms with Crippen molar-refractivity contribution < 1.29 is 22.8 Å². The fourth-order valence-corrected chi connectivity index (χ4v) is 5.51. The van der Waals surface area contributed by atoms with Crippen LogP contribution in [0.1, 0.15) is 15.9 Å². The molecule has 32 heavy (non-hydrogen) atoms. The third kappa shape index (κ3) is 3.76. The summed E-state index contributed by atoms with van der Waals surface area (Å²) in [4.78, 5) is 43.3. The summed E-state index contributed by atoms with van der Waals surface area (Å²) in [6, 6.07) is 11.8. The molecule has 4 amide bonds. The Kier molecular flexibility index (Phi) is 5.74. The molecule has 0 unspecified atom stereocenters. The second-order valence-corrected chi connectivity index (χ2v) is 9.65. The zero-order chi connectivity index (χ0) is 23.0. The van der Waals surface area contributed by atoms with Gasteiger partial charge in [0.15, 0.2) is 0 Å². The summed E-state index contributed by atoms with van der Waals surface area (Å²) in [5, 5.41) is 0. The Balaban J connectivity index is 1.66. The molecule has 2 fully saturated rings. The van der Waals surface area contributed by atoms with E-state index >= 15 is 0 Å². The second kappa shape index (κ2) is 8.36. The molecule has 9 nitrogen and oxygen atoms in total. The van der Waals surface area contributed by atoms with Gasteiger partial charge in [-0.1, -0.05) is 24.3 Å². The SMILES string of the molecule is Cc1c(C(=O)N2CCN(C)CC2)cccc1S(=O)(=O)N1C(=O)CN(c2ccccc2)C1=O. The first-order chi connectivity index (χ1) is 15.2. The van der Waals surface area contributed by atoms with Crippen LogP contribution >= 0.6 is 0 Å². The number of hydrogen-bond acceptors (Lipinski definition) is 6. The predicted molar refractivity (Wildman–Crippen MR) is 118 cm³/mol. The summed E-state index contributed by atoms with van der Waals surface area (Å²) in [5.41, 5.74) is 0.893. The molecular weight excluding hydrogens is 432 g/mol. The van der Waals surface area contributed by atoms with E-state index < -0.39 is 22.0 Å². The predicted octanol–water partition coefficient (Wildman–Crippen LogP) is 1.54. The number of urea groups is 1. The highest BCUT2D eigenvalue weighted by Gasteiger charge is 2.46. The zero-order valence-electron chi connectivity index (χ0n) is 17.9. The Morgan fingerprint density at radius 2 is 1.56 bits per heavy atom. The van der Waals surface area contributed by atoms with Gasteiger partial charge in [-0.2, -0.15) is 0 Å². The molecule has 2 aliphatic heterocycles. The van der Waals surface area contributed by atoms with Crippen molar-refractivity contribution in [2.45, 2.75) is 11.8 Å². The molecule has 10 heteroatoms.